The number of fused-ring (bicyclic) bond motifs is 1. The van der Waals surface area contributed by atoms with Crippen LogP contribution in [-0.2, 0) is 4.74 Å². The number of ether oxygens (including phenoxy) is 1. The molecule has 1 aliphatic heterocycles. The summed E-state index contributed by atoms with van der Waals surface area (Å²) in [5, 5.41) is 0. The molecule has 118 valence electrons. The molecule has 0 radical (unpaired) electrons. The lowest BCUT2D eigenvalue weighted by atomic mass is 10.2. The standard InChI is InChI=1S/C16H22N4O2/c1-16(2,3)22-15(21)20-10-8-19(9-11-20)13-5-7-17-12-4-6-18-14(12)13/h4-7,18H,8-11H2,1-3H3/i5D,7D. The Morgan fingerprint density at radius 2 is 2.09 bits per heavy atom. The number of carbonyl (C=O) groups is 1. The topological polar surface area (TPSA) is 61.5 Å². The summed E-state index contributed by atoms with van der Waals surface area (Å²) < 4.78 is 21.5. The molecule has 2 aromatic rings. The molecular formula is C16H22N4O2. The Balaban J connectivity index is 1.77. The fourth-order valence-electron chi connectivity index (χ4n) is 2.52. The van der Waals surface area contributed by atoms with Gasteiger partial charge in [0.1, 0.15) is 5.60 Å². The van der Waals surface area contributed by atoms with Gasteiger partial charge in [-0.25, -0.2) is 4.79 Å². The van der Waals surface area contributed by atoms with Crippen LogP contribution in [0.2, 0.25) is 0 Å². The zero-order valence-corrected chi connectivity index (χ0v) is 13.1. The second-order valence-electron chi connectivity index (χ2n) is 6.39. The van der Waals surface area contributed by atoms with Crippen molar-refractivity contribution in [3.63, 3.8) is 0 Å². The van der Waals surface area contributed by atoms with Gasteiger partial charge in [-0.3, -0.25) is 4.98 Å². The second-order valence-corrected chi connectivity index (χ2v) is 6.39. The van der Waals surface area contributed by atoms with Gasteiger partial charge in [-0.15, -0.1) is 0 Å². The van der Waals surface area contributed by atoms with E-state index in [1.54, 1.807) is 17.2 Å². The van der Waals surface area contributed by atoms with Crippen LogP contribution in [0.3, 0.4) is 0 Å². The van der Waals surface area contributed by atoms with E-state index < -0.39 is 5.60 Å². The second kappa shape index (κ2) is 5.51. The van der Waals surface area contributed by atoms with Crippen LogP contribution in [0, 0.1) is 0 Å². The molecule has 1 N–H and O–H groups in total. The minimum absolute atomic E-state index is 0.0355. The summed E-state index contributed by atoms with van der Waals surface area (Å²) in [5.74, 6) is 0. The normalized spacial score (nSPS) is 17.4. The van der Waals surface area contributed by atoms with Gasteiger partial charge in [0.25, 0.3) is 0 Å². The molecule has 1 amide bonds. The minimum atomic E-state index is -0.510. The van der Waals surface area contributed by atoms with Crippen LogP contribution in [0.5, 0.6) is 0 Å². The third-order valence-corrected chi connectivity index (χ3v) is 3.56. The first-order chi connectivity index (χ1) is 11.3. The molecular weight excluding hydrogens is 280 g/mol. The van der Waals surface area contributed by atoms with Crippen molar-refractivity contribution in [2.24, 2.45) is 0 Å². The molecule has 2 aromatic heterocycles. The lowest BCUT2D eigenvalue weighted by molar-refractivity contribution is 0.0240. The molecule has 0 aromatic carbocycles. The Morgan fingerprint density at radius 3 is 2.77 bits per heavy atom. The Bertz CT molecular complexity index is 761. The number of pyridine rings is 1. The minimum Gasteiger partial charge on any atom is -0.444 e. The number of amides is 1. The van der Waals surface area contributed by atoms with Crippen LogP contribution in [0.15, 0.2) is 24.5 Å². The van der Waals surface area contributed by atoms with Gasteiger partial charge in [0.05, 0.1) is 19.5 Å². The van der Waals surface area contributed by atoms with Crippen molar-refractivity contribution >= 4 is 22.8 Å². The molecule has 0 aliphatic carbocycles. The van der Waals surface area contributed by atoms with Crippen LogP contribution >= 0.6 is 0 Å². The zero-order chi connectivity index (χ0) is 17.5. The van der Waals surface area contributed by atoms with Crippen LogP contribution < -0.4 is 4.90 Å². The Hall–Kier alpha value is -2.24. The highest BCUT2D eigenvalue weighted by Gasteiger charge is 2.26. The molecule has 3 heterocycles. The Labute approximate surface area is 132 Å². The van der Waals surface area contributed by atoms with Gasteiger partial charge in [0, 0.05) is 38.5 Å². The number of hydrogen-bond donors (Lipinski definition) is 1. The van der Waals surface area contributed by atoms with Crippen molar-refractivity contribution in [1.29, 1.82) is 0 Å². The van der Waals surface area contributed by atoms with E-state index >= 15 is 0 Å². The molecule has 0 saturated carbocycles. The van der Waals surface area contributed by atoms with Crippen molar-refractivity contribution in [1.82, 2.24) is 14.9 Å². The molecule has 1 saturated heterocycles. The number of H-pyrrole nitrogens is 1. The van der Waals surface area contributed by atoms with Crippen molar-refractivity contribution in [2.45, 2.75) is 26.4 Å². The molecule has 0 unspecified atom stereocenters. The van der Waals surface area contributed by atoms with E-state index in [-0.39, 0.29) is 18.3 Å². The van der Waals surface area contributed by atoms with E-state index in [0.29, 0.717) is 37.4 Å². The number of anilines is 1. The molecule has 0 atom stereocenters. The van der Waals surface area contributed by atoms with Crippen molar-refractivity contribution in [3.8, 4) is 0 Å². The average Bonchev–Trinajstić information content (AvgIpc) is 2.94. The summed E-state index contributed by atoms with van der Waals surface area (Å²) in [6.07, 6.45) is 1.41. The van der Waals surface area contributed by atoms with Crippen LogP contribution in [0.25, 0.3) is 11.0 Å². The van der Waals surface area contributed by atoms with Crippen LogP contribution in [0.4, 0.5) is 10.5 Å². The average molecular weight is 304 g/mol. The highest BCUT2D eigenvalue weighted by atomic mass is 16.6. The molecule has 3 rings (SSSR count). The van der Waals surface area contributed by atoms with Gasteiger partial charge < -0.3 is 19.5 Å². The highest BCUT2D eigenvalue weighted by Crippen LogP contribution is 2.25. The third kappa shape index (κ3) is 3.00. The summed E-state index contributed by atoms with van der Waals surface area (Å²) in [5.41, 5.74) is 1.62. The molecule has 0 bridgehead atoms. The molecule has 1 fully saturated rings. The lowest BCUT2D eigenvalue weighted by Crippen LogP contribution is -2.50. The maximum Gasteiger partial charge on any atom is 0.410 e. The number of aromatic amines is 1. The van der Waals surface area contributed by atoms with Gasteiger partial charge in [-0.2, -0.15) is 0 Å². The van der Waals surface area contributed by atoms with Gasteiger partial charge in [0.2, 0.25) is 0 Å². The van der Waals surface area contributed by atoms with Gasteiger partial charge in [0.15, 0.2) is 0 Å². The van der Waals surface area contributed by atoms with Gasteiger partial charge >= 0.3 is 6.09 Å². The molecule has 6 nitrogen and oxygen atoms in total. The smallest absolute Gasteiger partial charge is 0.410 e. The van der Waals surface area contributed by atoms with E-state index in [1.165, 1.54) is 0 Å². The first-order valence-corrected chi connectivity index (χ1v) is 7.43. The van der Waals surface area contributed by atoms with Crippen molar-refractivity contribution < 1.29 is 12.3 Å². The number of nitrogens with one attached hydrogen (secondary N) is 1. The number of piperazine rings is 1. The number of carbonyl (C=O) groups excluding carboxylic acids is 1. The number of aromatic nitrogens is 2. The Morgan fingerprint density at radius 1 is 1.36 bits per heavy atom. The summed E-state index contributed by atoms with van der Waals surface area (Å²) in [7, 11) is 0. The third-order valence-electron chi connectivity index (χ3n) is 3.56. The SMILES string of the molecule is [2H]c1nc2cc[nH]c2c(N2CCN(C(=O)OC(C)(C)C)CC2)c1[2H]. The first kappa shape index (κ1) is 12.3. The van der Waals surface area contributed by atoms with E-state index in [4.69, 9.17) is 7.48 Å². The quantitative estimate of drug-likeness (QED) is 0.880. The lowest BCUT2D eigenvalue weighted by Gasteiger charge is -2.36. The summed E-state index contributed by atoms with van der Waals surface area (Å²) in [6, 6.07) is 1.91. The fourth-order valence-corrected chi connectivity index (χ4v) is 2.52. The van der Waals surface area contributed by atoms with E-state index in [0.717, 1.165) is 5.52 Å². The van der Waals surface area contributed by atoms with Gasteiger partial charge in [-0.1, -0.05) is 0 Å². The van der Waals surface area contributed by atoms with E-state index in [9.17, 15) is 4.79 Å². The summed E-state index contributed by atoms with van der Waals surface area (Å²) in [4.78, 5) is 23.1. The van der Waals surface area contributed by atoms with Crippen LogP contribution in [-0.4, -0.2) is 52.7 Å². The van der Waals surface area contributed by atoms with E-state index in [1.807, 2.05) is 25.7 Å². The van der Waals surface area contributed by atoms with Crippen LogP contribution in [0.1, 0.15) is 23.5 Å². The fraction of sp³-hybridized carbons (Fsp3) is 0.500. The molecule has 6 heteroatoms. The Kier molecular flexibility index (Phi) is 3.09. The summed E-state index contributed by atoms with van der Waals surface area (Å²) in [6.45, 7) is 7.76. The van der Waals surface area contributed by atoms with Crippen molar-refractivity contribution in [2.75, 3.05) is 31.1 Å². The monoisotopic (exact) mass is 304 g/mol. The number of hydrogen-bond acceptors (Lipinski definition) is 4. The predicted molar refractivity (Wildman–Crippen MR) is 86.1 cm³/mol. The summed E-state index contributed by atoms with van der Waals surface area (Å²) >= 11 is 0. The van der Waals surface area contributed by atoms with Crippen molar-refractivity contribution in [3.05, 3.63) is 24.5 Å². The molecule has 22 heavy (non-hydrogen) atoms. The molecule has 0 spiro atoms. The number of rotatable bonds is 1. The van der Waals surface area contributed by atoms with Gasteiger partial charge in [-0.05, 0) is 32.9 Å². The largest absolute Gasteiger partial charge is 0.444 e. The zero-order valence-electron chi connectivity index (χ0n) is 15.1. The maximum absolute atomic E-state index is 12.2. The molecule has 1 aliphatic rings. The highest BCUT2D eigenvalue weighted by molar-refractivity contribution is 5.88. The predicted octanol–water partition coefficient (Wildman–Crippen LogP) is 2.62. The first-order valence-electron chi connectivity index (χ1n) is 8.43. The van der Waals surface area contributed by atoms with E-state index in [2.05, 4.69) is 9.97 Å². The number of nitrogens with zero attached hydrogens (tertiary/aromatic N) is 3. The maximum atomic E-state index is 12.2.